The number of carbonyl (C=O) groups is 3. The van der Waals surface area contributed by atoms with Crippen LogP contribution in [0.4, 0.5) is 15.9 Å². The van der Waals surface area contributed by atoms with Crippen LogP contribution in [0.1, 0.15) is 80.7 Å². The van der Waals surface area contributed by atoms with Crippen molar-refractivity contribution >= 4 is 40.6 Å². The van der Waals surface area contributed by atoms with Crippen molar-refractivity contribution in [2.24, 2.45) is 5.92 Å². The van der Waals surface area contributed by atoms with Gasteiger partial charge in [-0.2, -0.15) is 0 Å². The van der Waals surface area contributed by atoms with Crippen molar-refractivity contribution < 1.29 is 18.8 Å². The van der Waals surface area contributed by atoms with Crippen molar-refractivity contribution in [1.82, 2.24) is 30.1 Å². The van der Waals surface area contributed by atoms with Gasteiger partial charge in [0.05, 0.1) is 23.6 Å². The largest absolute Gasteiger partial charge is 0.359 e. The van der Waals surface area contributed by atoms with E-state index >= 15 is 0 Å². The predicted octanol–water partition coefficient (Wildman–Crippen LogP) is 4.29. The molecule has 0 spiro atoms. The number of aromatic nitrogens is 3. The Morgan fingerprint density at radius 3 is 2.45 bits per heavy atom. The smallest absolute Gasteiger partial charge is 0.271 e. The fourth-order valence-electron chi connectivity index (χ4n) is 7.54. The van der Waals surface area contributed by atoms with Crippen LogP contribution in [-0.2, 0) is 9.59 Å². The Labute approximate surface area is 275 Å². The molecule has 2 saturated heterocycles. The lowest BCUT2D eigenvalue weighted by Gasteiger charge is -2.38. The summed E-state index contributed by atoms with van der Waals surface area (Å²) in [6.45, 7) is 5.06. The Morgan fingerprint density at radius 1 is 1.00 bits per heavy atom. The Morgan fingerprint density at radius 2 is 1.77 bits per heavy atom. The van der Waals surface area contributed by atoms with Crippen LogP contribution in [0.25, 0.3) is 10.9 Å². The Hall–Kier alpha value is -4.06. The fraction of sp³-hybridized carbons (Fsp3) is 0.571. The van der Waals surface area contributed by atoms with E-state index in [1.54, 1.807) is 25.5 Å². The zero-order valence-electron chi connectivity index (χ0n) is 27.4. The van der Waals surface area contributed by atoms with Gasteiger partial charge in [-0.25, -0.2) is 14.4 Å². The second kappa shape index (κ2) is 15.2. The molecular formula is C35H47FN8O3. The molecule has 0 atom stereocenters. The number of nitrogens with one attached hydrogen (secondary N) is 2. The summed E-state index contributed by atoms with van der Waals surface area (Å²) in [5.74, 6) is 0.753. The maximum Gasteiger partial charge on any atom is 0.271 e. The van der Waals surface area contributed by atoms with Gasteiger partial charge in [-0.1, -0.05) is 19.3 Å². The highest BCUT2D eigenvalue weighted by molar-refractivity contribution is 5.98. The lowest BCUT2D eigenvalue weighted by atomic mass is 9.94. The first-order chi connectivity index (χ1) is 22.9. The van der Waals surface area contributed by atoms with Crippen LogP contribution in [0.15, 0.2) is 36.8 Å². The second-order valence-electron chi connectivity index (χ2n) is 13.3. The van der Waals surface area contributed by atoms with Crippen molar-refractivity contribution in [3.63, 3.8) is 0 Å². The summed E-state index contributed by atoms with van der Waals surface area (Å²) in [4.78, 5) is 51.5. The van der Waals surface area contributed by atoms with Crippen molar-refractivity contribution in [3.8, 4) is 0 Å². The highest BCUT2D eigenvalue weighted by Gasteiger charge is 2.27. The third-order valence-corrected chi connectivity index (χ3v) is 10.3. The van der Waals surface area contributed by atoms with Crippen LogP contribution in [-0.4, -0.2) is 90.0 Å². The zero-order valence-corrected chi connectivity index (χ0v) is 27.4. The van der Waals surface area contributed by atoms with Crippen molar-refractivity contribution in [2.45, 2.75) is 76.3 Å². The molecule has 0 unspecified atom stereocenters. The molecule has 3 aromatic rings. The lowest BCUT2D eigenvalue weighted by molar-refractivity contribution is -0.120. The molecule has 2 aliphatic heterocycles. The molecular weight excluding hydrogens is 599 g/mol. The Kier molecular flexibility index (Phi) is 10.6. The van der Waals surface area contributed by atoms with Gasteiger partial charge in [0.2, 0.25) is 12.3 Å². The summed E-state index contributed by atoms with van der Waals surface area (Å²) in [5.41, 5.74) is 1.65. The van der Waals surface area contributed by atoms with Crippen LogP contribution in [0.5, 0.6) is 0 Å². The average molecular weight is 647 g/mol. The van der Waals surface area contributed by atoms with Crippen LogP contribution >= 0.6 is 0 Å². The fourth-order valence-corrected chi connectivity index (χ4v) is 7.54. The number of amides is 3. The molecule has 1 aliphatic carbocycles. The van der Waals surface area contributed by atoms with Crippen molar-refractivity contribution in [2.75, 3.05) is 56.1 Å². The monoisotopic (exact) mass is 646 g/mol. The minimum Gasteiger partial charge on any atom is -0.359 e. The maximum atomic E-state index is 14.8. The van der Waals surface area contributed by atoms with E-state index in [9.17, 15) is 18.8 Å². The summed E-state index contributed by atoms with van der Waals surface area (Å²) in [5, 5.41) is 6.49. The molecule has 2 aromatic heterocycles. The normalized spacial score (nSPS) is 18.7. The van der Waals surface area contributed by atoms with Crippen molar-refractivity contribution in [1.29, 1.82) is 0 Å². The number of hydrogen-bond donors (Lipinski definition) is 2. The maximum absolute atomic E-state index is 14.8. The molecule has 6 rings (SSSR count). The molecule has 12 heteroatoms. The molecule has 4 heterocycles. The van der Waals surface area contributed by atoms with Gasteiger partial charge >= 0.3 is 0 Å². The van der Waals surface area contributed by atoms with Crippen LogP contribution < -0.4 is 20.4 Å². The quantitative estimate of drug-likeness (QED) is 0.299. The van der Waals surface area contributed by atoms with E-state index in [4.69, 9.17) is 0 Å². The molecule has 1 saturated carbocycles. The molecule has 11 nitrogen and oxygen atoms in total. The highest BCUT2D eigenvalue weighted by atomic mass is 19.1. The topological polar surface area (TPSA) is 116 Å². The van der Waals surface area contributed by atoms with Crippen LogP contribution in [0.3, 0.4) is 0 Å². The molecule has 0 bridgehead atoms. The van der Waals surface area contributed by atoms with E-state index in [2.05, 4.69) is 35.0 Å². The Balaban J connectivity index is 0.982. The lowest BCUT2D eigenvalue weighted by Crippen LogP contribution is -2.42. The molecule has 47 heavy (non-hydrogen) atoms. The number of benzene rings is 1. The minimum absolute atomic E-state index is 0.126. The molecule has 3 aliphatic rings. The SMILES string of the molecule is CNC(=O)CCN(C=O)c1cc(F)cc2c1ccn2C1CCN(CC2CCN(c3cnc(C(=O)NC4CCCCC4)cn3)CC2)CC1. The number of rotatable bonds is 11. The third kappa shape index (κ3) is 7.91. The van der Waals surface area contributed by atoms with Gasteiger partial charge in [-0.15, -0.1) is 0 Å². The number of halogens is 1. The van der Waals surface area contributed by atoms with Gasteiger partial charge < -0.3 is 29.9 Å². The number of carbonyl (C=O) groups excluding carboxylic acids is 3. The zero-order chi connectivity index (χ0) is 32.8. The van der Waals surface area contributed by atoms with Gasteiger partial charge in [0, 0.05) is 76.4 Å². The average Bonchev–Trinajstić information content (AvgIpc) is 3.53. The van der Waals surface area contributed by atoms with Gasteiger partial charge in [-0.05, 0) is 62.6 Å². The predicted molar refractivity (Wildman–Crippen MR) is 180 cm³/mol. The summed E-state index contributed by atoms with van der Waals surface area (Å²) in [6, 6.07) is 5.37. The van der Waals surface area contributed by atoms with Gasteiger partial charge in [-0.3, -0.25) is 14.4 Å². The third-order valence-electron chi connectivity index (χ3n) is 10.3. The summed E-state index contributed by atoms with van der Waals surface area (Å²) in [6.07, 6.45) is 16.0. The van der Waals surface area contributed by atoms with E-state index < -0.39 is 5.82 Å². The molecule has 2 N–H and O–H groups in total. The number of anilines is 2. The second-order valence-corrected chi connectivity index (χ2v) is 13.3. The molecule has 1 aromatic carbocycles. The number of fused-ring (bicyclic) bond motifs is 1. The van der Waals surface area contributed by atoms with E-state index in [0.29, 0.717) is 23.7 Å². The molecule has 0 radical (unpaired) electrons. The number of nitrogens with zero attached hydrogens (tertiary/aromatic N) is 6. The number of piperidine rings is 2. The molecule has 3 amide bonds. The van der Waals surface area contributed by atoms with Gasteiger partial charge in [0.1, 0.15) is 17.3 Å². The highest BCUT2D eigenvalue weighted by Crippen LogP contribution is 2.34. The van der Waals surface area contributed by atoms with E-state index in [1.165, 1.54) is 30.2 Å². The minimum atomic E-state index is -0.398. The first-order valence-corrected chi connectivity index (χ1v) is 17.2. The van der Waals surface area contributed by atoms with Gasteiger partial charge in [0.25, 0.3) is 5.91 Å². The standard InChI is InChI=1S/C35H47FN8O3/c1-37-34(46)12-17-43(24-45)31-19-26(36)20-32-29(31)11-18-44(32)28-9-13-41(14-10-28)23-25-7-15-42(16-8-25)33-22-38-30(21-39-33)35(47)40-27-5-3-2-4-6-27/h11,18-22,24-25,27-28H,2-10,12-17,23H2,1H3,(H,37,46)(H,40,47). The number of hydrogen-bond acceptors (Lipinski definition) is 7. The molecule has 252 valence electrons. The number of likely N-dealkylation sites (tertiary alicyclic amines) is 1. The van der Waals surface area contributed by atoms with Gasteiger partial charge in [0.15, 0.2) is 0 Å². The van der Waals surface area contributed by atoms with Crippen LogP contribution in [0, 0.1) is 11.7 Å². The Bertz CT molecular complexity index is 1520. The first kappa shape index (κ1) is 32.9. The summed E-state index contributed by atoms with van der Waals surface area (Å²) in [7, 11) is 1.56. The summed E-state index contributed by atoms with van der Waals surface area (Å²) < 4.78 is 17.0. The summed E-state index contributed by atoms with van der Waals surface area (Å²) >= 11 is 0. The molecule has 3 fully saturated rings. The van der Waals surface area contributed by atoms with Crippen LogP contribution in [0.2, 0.25) is 0 Å². The van der Waals surface area contributed by atoms with E-state index in [-0.39, 0.29) is 36.9 Å². The first-order valence-electron chi connectivity index (χ1n) is 17.2. The van der Waals surface area contributed by atoms with Crippen molar-refractivity contribution in [3.05, 3.63) is 48.3 Å². The van der Waals surface area contributed by atoms with E-state index in [0.717, 1.165) is 88.0 Å². The van der Waals surface area contributed by atoms with E-state index in [1.807, 2.05) is 12.3 Å².